The Kier molecular flexibility index (Phi) is 3.44. The summed E-state index contributed by atoms with van der Waals surface area (Å²) >= 11 is 5.21. The number of hydrogen-bond acceptors (Lipinski definition) is 3. The van der Waals surface area contributed by atoms with Crippen LogP contribution < -0.4 is 5.73 Å². The van der Waals surface area contributed by atoms with Gasteiger partial charge in [0, 0.05) is 25.8 Å². The Labute approximate surface area is 124 Å². The van der Waals surface area contributed by atoms with Crippen molar-refractivity contribution in [3.63, 3.8) is 0 Å². The van der Waals surface area contributed by atoms with Crippen LogP contribution in [0.25, 0.3) is 10.9 Å². The largest absolute Gasteiger partial charge is 0.397 e. The molecule has 1 heterocycles. The van der Waals surface area contributed by atoms with Crippen molar-refractivity contribution in [1.29, 1.82) is 0 Å². The minimum absolute atomic E-state index is 0.784. The molecule has 0 atom stereocenters. The van der Waals surface area contributed by atoms with E-state index in [1.54, 1.807) is 18.0 Å². The third kappa shape index (κ3) is 2.46. The van der Waals surface area contributed by atoms with Gasteiger partial charge in [-0.25, -0.2) is 0 Å². The second kappa shape index (κ2) is 5.23. The van der Waals surface area contributed by atoms with Crippen LogP contribution in [-0.2, 0) is 0 Å². The van der Waals surface area contributed by atoms with Gasteiger partial charge in [0.1, 0.15) is 0 Å². The Morgan fingerprint density at radius 3 is 2.63 bits per heavy atom. The van der Waals surface area contributed by atoms with Crippen molar-refractivity contribution in [2.24, 2.45) is 0 Å². The Morgan fingerprint density at radius 1 is 0.947 bits per heavy atom. The molecule has 3 rings (SSSR count). The number of hydrogen-bond donors (Lipinski definition) is 1. The molecule has 0 bridgehead atoms. The predicted octanol–water partition coefficient (Wildman–Crippen LogP) is 4.73. The number of benzene rings is 2. The lowest BCUT2D eigenvalue weighted by Crippen LogP contribution is -1.91. The first kappa shape index (κ1) is 12.5. The first-order chi connectivity index (χ1) is 9.25. The number of halogens is 1. The van der Waals surface area contributed by atoms with Gasteiger partial charge in [0.15, 0.2) is 0 Å². The SMILES string of the molecule is Nc1c(Sc2ccccc2Br)ccc2ncccc12. The molecule has 0 aliphatic carbocycles. The minimum Gasteiger partial charge on any atom is -0.397 e. The van der Waals surface area contributed by atoms with Crippen molar-refractivity contribution in [1.82, 2.24) is 4.98 Å². The van der Waals surface area contributed by atoms with E-state index in [1.165, 1.54) is 0 Å². The van der Waals surface area contributed by atoms with Crippen molar-refractivity contribution < 1.29 is 0 Å². The van der Waals surface area contributed by atoms with E-state index >= 15 is 0 Å². The van der Waals surface area contributed by atoms with Crippen LogP contribution in [0.5, 0.6) is 0 Å². The van der Waals surface area contributed by atoms with Crippen LogP contribution in [0.4, 0.5) is 5.69 Å². The average Bonchev–Trinajstić information content (AvgIpc) is 2.44. The zero-order valence-corrected chi connectivity index (χ0v) is 12.4. The summed E-state index contributed by atoms with van der Waals surface area (Å²) in [5.74, 6) is 0. The highest BCUT2D eigenvalue weighted by atomic mass is 79.9. The van der Waals surface area contributed by atoms with Gasteiger partial charge in [-0.05, 0) is 52.3 Å². The topological polar surface area (TPSA) is 38.9 Å². The highest BCUT2D eigenvalue weighted by molar-refractivity contribution is 9.10. The number of nitrogens with zero attached hydrogens (tertiary/aromatic N) is 1. The lowest BCUT2D eigenvalue weighted by molar-refractivity contribution is 1.36. The van der Waals surface area contributed by atoms with E-state index in [2.05, 4.69) is 27.0 Å². The fourth-order valence-electron chi connectivity index (χ4n) is 1.89. The van der Waals surface area contributed by atoms with Crippen LogP contribution in [0.1, 0.15) is 0 Å². The number of rotatable bonds is 2. The predicted molar refractivity (Wildman–Crippen MR) is 84.4 cm³/mol. The molecule has 0 fully saturated rings. The second-order valence-corrected chi connectivity index (χ2v) is 6.02. The van der Waals surface area contributed by atoms with Gasteiger partial charge in [-0.2, -0.15) is 0 Å². The van der Waals surface area contributed by atoms with Crippen molar-refractivity contribution in [2.45, 2.75) is 9.79 Å². The van der Waals surface area contributed by atoms with E-state index in [9.17, 15) is 0 Å². The molecule has 0 unspecified atom stereocenters. The summed E-state index contributed by atoms with van der Waals surface area (Å²) in [5, 5.41) is 1.000. The molecule has 0 saturated carbocycles. The number of pyridine rings is 1. The summed E-state index contributed by atoms with van der Waals surface area (Å²) in [7, 11) is 0. The highest BCUT2D eigenvalue weighted by Crippen LogP contribution is 2.38. The van der Waals surface area contributed by atoms with Gasteiger partial charge in [0.05, 0.1) is 11.2 Å². The Morgan fingerprint density at radius 2 is 1.79 bits per heavy atom. The van der Waals surface area contributed by atoms with E-state index in [0.717, 1.165) is 30.9 Å². The normalized spacial score (nSPS) is 10.8. The maximum Gasteiger partial charge on any atom is 0.0723 e. The molecule has 1 aromatic heterocycles. The van der Waals surface area contributed by atoms with E-state index in [0.29, 0.717) is 0 Å². The van der Waals surface area contributed by atoms with Gasteiger partial charge < -0.3 is 5.73 Å². The van der Waals surface area contributed by atoms with Crippen LogP contribution in [0.2, 0.25) is 0 Å². The van der Waals surface area contributed by atoms with Gasteiger partial charge in [-0.3, -0.25) is 4.98 Å². The van der Waals surface area contributed by atoms with Crippen molar-refractivity contribution in [3.05, 3.63) is 59.2 Å². The highest BCUT2D eigenvalue weighted by Gasteiger charge is 2.08. The summed E-state index contributed by atoms with van der Waals surface area (Å²) in [4.78, 5) is 6.51. The second-order valence-electron chi connectivity index (χ2n) is 4.08. The molecule has 0 aliphatic rings. The maximum absolute atomic E-state index is 6.24. The molecule has 2 aromatic carbocycles. The third-order valence-electron chi connectivity index (χ3n) is 2.84. The minimum atomic E-state index is 0.784. The summed E-state index contributed by atoms with van der Waals surface area (Å²) in [5.41, 5.74) is 7.95. The molecule has 94 valence electrons. The third-order valence-corrected chi connectivity index (χ3v) is 4.95. The zero-order valence-electron chi connectivity index (χ0n) is 10.0. The molecule has 2 N–H and O–H groups in total. The van der Waals surface area contributed by atoms with E-state index < -0.39 is 0 Å². The lowest BCUT2D eigenvalue weighted by atomic mass is 10.2. The molecule has 0 amide bonds. The smallest absolute Gasteiger partial charge is 0.0723 e. The molecule has 4 heteroatoms. The van der Waals surface area contributed by atoms with E-state index in [1.807, 2.05) is 42.5 Å². The molecule has 0 radical (unpaired) electrons. The quantitative estimate of drug-likeness (QED) is 0.690. The summed E-state index contributed by atoms with van der Waals surface area (Å²) < 4.78 is 1.07. The van der Waals surface area contributed by atoms with E-state index in [-0.39, 0.29) is 0 Å². The van der Waals surface area contributed by atoms with Crippen LogP contribution >= 0.6 is 27.7 Å². The molecule has 0 spiro atoms. The molecule has 3 aromatic rings. The van der Waals surface area contributed by atoms with Crippen LogP contribution in [0.15, 0.2) is 69.0 Å². The summed E-state index contributed by atoms with van der Waals surface area (Å²) in [6.07, 6.45) is 1.78. The molecular weight excluding hydrogens is 320 g/mol. The van der Waals surface area contributed by atoms with Gasteiger partial charge in [0.25, 0.3) is 0 Å². The van der Waals surface area contributed by atoms with Gasteiger partial charge >= 0.3 is 0 Å². The van der Waals surface area contributed by atoms with Gasteiger partial charge in [0.2, 0.25) is 0 Å². The van der Waals surface area contributed by atoms with Crippen molar-refractivity contribution >= 4 is 44.3 Å². The molecule has 0 aliphatic heterocycles. The summed E-state index contributed by atoms with van der Waals surface area (Å²) in [6, 6.07) is 16.1. The maximum atomic E-state index is 6.24. The van der Waals surface area contributed by atoms with Crippen molar-refractivity contribution in [3.8, 4) is 0 Å². The summed E-state index contributed by atoms with van der Waals surface area (Å²) in [6.45, 7) is 0. The number of nitrogens with two attached hydrogens (primary N) is 1. The van der Waals surface area contributed by atoms with Crippen LogP contribution in [-0.4, -0.2) is 4.98 Å². The standard InChI is InChI=1S/C15H11BrN2S/c16-11-5-1-2-6-13(11)19-14-8-7-12-10(15(14)17)4-3-9-18-12/h1-9H,17H2. The molecule has 0 saturated heterocycles. The van der Waals surface area contributed by atoms with E-state index in [4.69, 9.17) is 5.73 Å². The van der Waals surface area contributed by atoms with Gasteiger partial charge in [-0.15, -0.1) is 0 Å². The fourth-order valence-corrected chi connectivity index (χ4v) is 3.32. The zero-order chi connectivity index (χ0) is 13.2. The van der Waals surface area contributed by atoms with Crippen LogP contribution in [0.3, 0.4) is 0 Å². The first-order valence-corrected chi connectivity index (χ1v) is 7.42. The Balaban J connectivity index is 2.07. The molecular formula is C15H11BrN2S. The molecule has 19 heavy (non-hydrogen) atoms. The lowest BCUT2D eigenvalue weighted by Gasteiger charge is -2.09. The number of fused-ring (bicyclic) bond motifs is 1. The molecule has 2 nitrogen and oxygen atoms in total. The fraction of sp³-hybridized carbons (Fsp3) is 0. The van der Waals surface area contributed by atoms with Crippen LogP contribution in [0, 0.1) is 0 Å². The number of nitrogen functional groups attached to an aromatic ring is 1. The number of aromatic nitrogens is 1. The Hall–Kier alpha value is -1.52. The average molecular weight is 331 g/mol. The number of anilines is 1. The first-order valence-electron chi connectivity index (χ1n) is 5.81. The monoisotopic (exact) mass is 330 g/mol. The van der Waals surface area contributed by atoms with Crippen molar-refractivity contribution in [2.75, 3.05) is 5.73 Å². The Bertz CT molecular complexity index is 743. The van der Waals surface area contributed by atoms with Gasteiger partial charge in [-0.1, -0.05) is 23.9 Å².